The van der Waals surface area contributed by atoms with Gasteiger partial charge >= 0.3 is 0 Å². The van der Waals surface area contributed by atoms with Crippen LogP contribution in [-0.2, 0) is 4.74 Å². The van der Waals surface area contributed by atoms with Gasteiger partial charge in [0, 0.05) is 37.5 Å². The van der Waals surface area contributed by atoms with E-state index in [0.717, 1.165) is 5.75 Å². The van der Waals surface area contributed by atoms with Gasteiger partial charge < -0.3 is 14.4 Å². The molecule has 2 aromatic rings. The Morgan fingerprint density at radius 1 is 0.893 bits per heavy atom. The van der Waals surface area contributed by atoms with Gasteiger partial charge in [0.05, 0.1) is 16.1 Å². The van der Waals surface area contributed by atoms with Gasteiger partial charge in [-0.25, -0.2) is 0 Å². The van der Waals surface area contributed by atoms with E-state index in [2.05, 4.69) is 94.7 Å². The molecule has 0 spiro atoms. The molecule has 0 radical (unpaired) electrons. The molecule has 2 aromatic carbocycles. The Morgan fingerprint density at radius 3 is 2.07 bits per heavy atom. The van der Waals surface area contributed by atoms with Crippen LogP contribution in [0.25, 0.3) is 0 Å². The maximum Gasteiger partial charge on any atom is 0.188 e. The summed E-state index contributed by atoms with van der Waals surface area (Å²) in [5, 5.41) is 5.58. The van der Waals surface area contributed by atoms with E-state index in [0.29, 0.717) is 8.58 Å². The minimum Gasteiger partial charge on any atom is -0.467 e. The maximum absolute atomic E-state index is 6.21. The third kappa shape index (κ3) is 5.69. The molecule has 0 aliphatic carbocycles. The third-order valence-corrected chi connectivity index (χ3v) is 10.1. The minimum absolute atomic E-state index is 0.288. The Labute approximate surface area is 175 Å². The molecule has 3 nitrogen and oxygen atoms in total. The van der Waals surface area contributed by atoms with Crippen LogP contribution in [0.5, 0.6) is 5.75 Å². The Bertz CT molecular complexity index is 811. The van der Waals surface area contributed by atoms with E-state index >= 15 is 0 Å². The van der Waals surface area contributed by atoms with Crippen LogP contribution < -0.4 is 30.6 Å². The van der Waals surface area contributed by atoms with Gasteiger partial charge in [-0.15, -0.1) is 0 Å². The lowest BCUT2D eigenvalue weighted by atomic mass is 10.3. The fraction of sp³-hybridized carbons (Fsp3) is 0.455. The van der Waals surface area contributed by atoms with Crippen molar-refractivity contribution in [2.45, 2.75) is 39.3 Å². The smallest absolute Gasteiger partial charge is 0.188 e. The zero-order valence-corrected chi connectivity index (χ0v) is 21.9. The van der Waals surface area contributed by atoms with E-state index in [4.69, 9.17) is 9.47 Å². The van der Waals surface area contributed by atoms with Gasteiger partial charge in [0.15, 0.2) is 6.79 Å². The van der Waals surface area contributed by atoms with Crippen molar-refractivity contribution in [1.82, 2.24) is 0 Å². The third-order valence-electron chi connectivity index (χ3n) is 4.74. The Morgan fingerprint density at radius 2 is 1.54 bits per heavy atom. The van der Waals surface area contributed by atoms with Crippen molar-refractivity contribution in [3.05, 3.63) is 36.4 Å². The molecular formula is C22H36NO2PSi2. The minimum atomic E-state index is -1.59. The molecule has 0 aliphatic heterocycles. The lowest BCUT2D eigenvalue weighted by Gasteiger charge is -2.28. The molecule has 6 heteroatoms. The fourth-order valence-corrected chi connectivity index (χ4v) is 7.60. The summed E-state index contributed by atoms with van der Waals surface area (Å²) < 4.78 is 11.5. The normalized spacial score (nSPS) is 12.6. The van der Waals surface area contributed by atoms with Crippen LogP contribution in [0.2, 0.25) is 39.3 Å². The number of ether oxygens (including phenoxy) is 2. The van der Waals surface area contributed by atoms with E-state index in [1.807, 2.05) is 0 Å². The first-order valence-electron chi connectivity index (χ1n) is 9.79. The number of rotatable bonds is 8. The highest BCUT2D eigenvalue weighted by Gasteiger charge is 2.28. The van der Waals surface area contributed by atoms with Crippen molar-refractivity contribution in [2.75, 3.05) is 32.9 Å². The van der Waals surface area contributed by atoms with E-state index in [9.17, 15) is 0 Å². The molecule has 1 unspecified atom stereocenters. The van der Waals surface area contributed by atoms with Crippen LogP contribution in [0.15, 0.2) is 36.4 Å². The van der Waals surface area contributed by atoms with E-state index in [-0.39, 0.29) is 6.79 Å². The second kappa shape index (κ2) is 9.12. The highest BCUT2D eigenvalue weighted by molar-refractivity contribution is 7.56. The van der Waals surface area contributed by atoms with Crippen molar-refractivity contribution >= 4 is 51.4 Å². The number of para-hydroxylation sites is 1. The number of hydrogen-bond donors (Lipinski definition) is 0. The molecule has 154 valence electrons. The molecular weight excluding hydrogens is 397 g/mol. The summed E-state index contributed by atoms with van der Waals surface area (Å²) >= 11 is 0. The van der Waals surface area contributed by atoms with Crippen LogP contribution in [0, 0.1) is 0 Å². The molecule has 0 saturated carbocycles. The Balaban J connectivity index is 2.69. The topological polar surface area (TPSA) is 21.7 Å². The maximum atomic E-state index is 6.21. The van der Waals surface area contributed by atoms with Gasteiger partial charge in [0.1, 0.15) is 5.75 Å². The van der Waals surface area contributed by atoms with Crippen molar-refractivity contribution in [1.29, 1.82) is 0 Å². The first-order chi connectivity index (χ1) is 12.9. The monoisotopic (exact) mass is 433 g/mol. The summed E-state index contributed by atoms with van der Waals surface area (Å²) in [5.41, 5.74) is 1.27. The standard InChI is InChI=1S/C22H36NO2PSi2/c1-23(2)18-12-10-11-13-19(18)26-20-14-17(27(4,5)6)15-21(28(7,8)9)22(20)25-16-24-3/h10-15,26H,16H2,1-9H3. The summed E-state index contributed by atoms with van der Waals surface area (Å²) in [7, 11) is 3.42. The molecule has 28 heavy (non-hydrogen) atoms. The van der Waals surface area contributed by atoms with Gasteiger partial charge in [0.2, 0.25) is 0 Å². The van der Waals surface area contributed by atoms with Crippen molar-refractivity contribution in [2.24, 2.45) is 0 Å². The zero-order valence-electron chi connectivity index (χ0n) is 18.9. The molecule has 2 rings (SSSR count). The molecule has 1 atom stereocenters. The molecule has 0 amide bonds. The lowest BCUT2D eigenvalue weighted by Crippen LogP contribution is -2.48. The summed E-state index contributed by atoms with van der Waals surface area (Å²) in [4.78, 5) is 2.19. The van der Waals surface area contributed by atoms with Gasteiger partial charge in [-0.1, -0.05) is 83.4 Å². The number of anilines is 1. The SMILES string of the molecule is COCOc1c(Pc2ccccc2N(C)C)cc([Si](C)(C)C)cc1[Si](C)(C)C. The van der Waals surface area contributed by atoms with Crippen LogP contribution in [0.3, 0.4) is 0 Å². The number of methoxy groups -OCH3 is 1. The average molecular weight is 434 g/mol. The summed E-state index contributed by atoms with van der Waals surface area (Å²) in [6, 6.07) is 13.5. The molecule has 0 aromatic heterocycles. The second-order valence-electron chi connectivity index (χ2n) is 9.49. The fourth-order valence-electron chi connectivity index (χ4n) is 3.10. The molecule has 0 saturated heterocycles. The Hall–Kier alpha value is -1.14. The molecule has 0 heterocycles. The van der Waals surface area contributed by atoms with Gasteiger partial charge in [-0.05, 0) is 11.3 Å². The molecule has 0 N–H and O–H groups in total. The van der Waals surface area contributed by atoms with Crippen LogP contribution >= 0.6 is 8.58 Å². The van der Waals surface area contributed by atoms with Crippen molar-refractivity contribution in [3.8, 4) is 5.75 Å². The second-order valence-corrected chi connectivity index (χ2v) is 20.9. The predicted octanol–water partition coefficient (Wildman–Crippen LogP) is 3.46. The Kier molecular flexibility index (Phi) is 7.54. The van der Waals surface area contributed by atoms with E-state index in [1.54, 1.807) is 7.11 Å². The number of benzene rings is 2. The molecule has 0 aliphatic rings. The highest BCUT2D eigenvalue weighted by atomic mass is 31.1. The van der Waals surface area contributed by atoms with Gasteiger partial charge in [-0.3, -0.25) is 0 Å². The quantitative estimate of drug-likeness (QED) is 0.362. The predicted molar refractivity (Wildman–Crippen MR) is 133 cm³/mol. The van der Waals surface area contributed by atoms with E-state index in [1.165, 1.54) is 26.7 Å². The van der Waals surface area contributed by atoms with Crippen LogP contribution in [-0.4, -0.2) is 44.1 Å². The molecule has 0 fully saturated rings. The molecule has 0 bridgehead atoms. The van der Waals surface area contributed by atoms with Gasteiger partial charge in [-0.2, -0.15) is 0 Å². The largest absolute Gasteiger partial charge is 0.467 e. The van der Waals surface area contributed by atoms with Crippen molar-refractivity contribution < 1.29 is 9.47 Å². The lowest BCUT2D eigenvalue weighted by molar-refractivity contribution is 0.0526. The summed E-state index contributed by atoms with van der Waals surface area (Å²) in [6.07, 6.45) is 0. The van der Waals surface area contributed by atoms with E-state index < -0.39 is 16.1 Å². The van der Waals surface area contributed by atoms with Crippen molar-refractivity contribution in [3.63, 3.8) is 0 Å². The zero-order chi connectivity index (χ0) is 21.1. The van der Waals surface area contributed by atoms with Crippen LogP contribution in [0.1, 0.15) is 0 Å². The van der Waals surface area contributed by atoms with Crippen LogP contribution in [0.4, 0.5) is 5.69 Å². The first-order valence-corrected chi connectivity index (χ1v) is 17.8. The first kappa shape index (κ1) is 23.1. The number of hydrogen-bond acceptors (Lipinski definition) is 3. The summed E-state index contributed by atoms with van der Waals surface area (Å²) in [5.74, 6) is 1.05. The van der Waals surface area contributed by atoms with Gasteiger partial charge in [0.25, 0.3) is 0 Å². The highest BCUT2D eigenvalue weighted by Crippen LogP contribution is 2.25. The average Bonchev–Trinajstić information content (AvgIpc) is 2.58. The summed E-state index contributed by atoms with van der Waals surface area (Å²) in [6.45, 7) is 14.8. The number of nitrogens with zero attached hydrogens (tertiary/aromatic N) is 1.